The molecule has 1 atom stereocenters. The number of aliphatic hydroxyl groups is 1. The van der Waals surface area contributed by atoms with E-state index in [0.717, 1.165) is 36.8 Å². The quantitative estimate of drug-likeness (QED) is 0.850. The Morgan fingerprint density at radius 1 is 1.20 bits per heavy atom. The maximum absolute atomic E-state index is 10.7. The molecule has 1 aliphatic rings. The smallest absolute Gasteiger partial charge is 0.0976 e. The number of hydrogen-bond donors (Lipinski definition) is 1. The summed E-state index contributed by atoms with van der Waals surface area (Å²) in [5, 5.41) is 20.3. The van der Waals surface area contributed by atoms with Crippen molar-refractivity contribution in [1.82, 2.24) is 0 Å². The molecule has 108 valence electrons. The summed E-state index contributed by atoms with van der Waals surface area (Å²) in [4.78, 5) is 0. The normalized spacial score (nSPS) is 19.9. The minimum absolute atomic E-state index is 0.569. The summed E-state index contributed by atoms with van der Waals surface area (Å²) in [7, 11) is 1.67. The Labute approximate surface area is 121 Å². The van der Waals surface area contributed by atoms with E-state index in [0.29, 0.717) is 6.61 Å². The van der Waals surface area contributed by atoms with Crippen molar-refractivity contribution in [2.75, 3.05) is 7.11 Å². The molecule has 1 fully saturated rings. The molecule has 1 aromatic carbocycles. The van der Waals surface area contributed by atoms with Gasteiger partial charge in [-0.25, -0.2) is 0 Å². The molecule has 1 N–H and O–H groups in total. The Balaban J connectivity index is 2.19. The van der Waals surface area contributed by atoms with Gasteiger partial charge in [0, 0.05) is 7.11 Å². The number of aliphatic hydroxyl groups excluding tert-OH is 1. The molecule has 0 saturated heterocycles. The van der Waals surface area contributed by atoms with Crippen LogP contribution in [0, 0.1) is 16.7 Å². The number of nitrogens with zero attached hydrogens (tertiary/aromatic N) is 1. The zero-order chi connectivity index (χ0) is 14.4. The van der Waals surface area contributed by atoms with Crippen LogP contribution < -0.4 is 0 Å². The molecule has 1 unspecified atom stereocenters. The maximum atomic E-state index is 10.7. The maximum Gasteiger partial charge on any atom is 0.0976 e. The Bertz CT molecular complexity index is 453. The summed E-state index contributed by atoms with van der Waals surface area (Å²) >= 11 is 0. The standard InChI is InChI=1S/C17H23NO2/c1-20-12-14-6-8-15(9-7-14)16(19)17(13-18)10-4-2-3-5-11-17/h6-9,16,19H,2-5,10-12H2,1H3. The average Bonchev–Trinajstić information content (AvgIpc) is 2.74. The van der Waals surface area contributed by atoms with E-state index >= 15 is 0 Å². The highest BCUT2D eigenvalue weighted by Gasteiger charge is 2.39. The van der Waals surface area contributed by atoms with Gasteiger partial charge in [0.25, 0.3) is 0 Å². The minimum Gasteiger partial charge on any atom is -0.387 e. The van der Waals surface area contributed by atoms with E-state index in [1.165, 1.54) is 12.8 Å². The first-order chi connectivity index (χ1) is 9.72. The minimum atomic E-state index is -0.692. The molecule has 0 aromatic heterocycles. The van der Waals surface area contributed by atoms with E-state index in [1.807, 2.05) is 24.3 Å². The predicted molar refractivity (Wildman–Crippen MR) is 77.9 cm³/mol. The van der Waals surface area contributed by atoms with Crippen LogP contribution in [-0.2, 0) is 11.3 Å². The fourth-order valence-corrected chi connectivity index (χ4v) is 3.09. The molecule has 1 aromatic rings. The third kappa shape index (κ3) is 3.20. The molecule has 0 radical (unpaired) electrons. The Kier molecular flexibility index (Phi) is 5.17. The van der Waals surface area contributed by atoms with Crippen molar-refractivity contribution < 1.29 is 9.84 Å². The van der Waals surface area contributed by atoms with Gasteiger partial charge in [0.2, 0.25) is 0 Å². The van der Waals surface area contributed by atoms with Crippen LogP contribution in [0.15, 0.2) is 24.3 Å². The van der Waals surface area contributed by atoms with Gasteiger partial charge in [0.1, 0.15) is 0 Å². The first kappa shape index (κ1) is 15.0. The van der Waals surface area contributed by atoms with Crippen molar-refractivity contribution in [2.24, 2.45) is 5.41 Å². The molecular weight excluding hydrogens is 250 g/mol. The van der Waals surface area contributed by atoms with E-state index < -0.39 is 11.5 Å². The summed E-state index contributed by atoms with van der Waals surface area (Å²) < 4.78 is 5.09. The van der Waals surface area contributed by atoms with Crippen LogP contribution in [0.1, 0.15) is 55.8 Å². The molecular formula is C17H23NO2. The third-order valence-corrected chi connectivity index (χ3v) is 4.35. The second kappa shape index (κ2) is 6.88. The van der Waals surface area contributed by atoms with E-state index in [-0.39, 0.29) is 0 Å². The highest BCUT2D eigenvalue weighted by molar-refractivity contribution is 5.27. The average molecular weight is 273 g/mol. The Morgan fingerprint density at radius 2 is 1.80 bits per heavy atom. The van der Waals surface area contributed by atoms with Crippen LogP contribution in [0.5, 0.6) is 0 Å². The van der Waals surface area contributed by atoms with E-state index in [9.17, 15) is 10.4 Å². The molecule has 3 nitrogen and oxygen atoms in total. The lowest BCUT2D eigenvalue weighted by molar-refractivity contribution is 0.0516. The molecule has 0 bridgehead atoms. The monoisotopic (exact) mass is 273 g/mol. The van der Waals surface area contributed by atoms with Crippen LogP contribution in [0.4, 0.5) is 0 Å². The zero-order valence-corrected chi connectivity index (χ0v) is 12.1. The van der Waals surface area contributed by atoms with E-state index in [4.69, 9.17) is 4.74 Å². The fraction of sp³-hybridized carbons (Fsp3) is 0.588. The third-order valence-electron chi connectivity index (χ3n) is 4.35. The van der Waals surface area contributed by atoms with Crippen LogP contribution in [-0.4, -0.2) is 12.2 Å². The first-order valence-electron chi connectivity index (χ1n) is 7.39. The highest BCUT2D eigenvalue weighted by atomic mass is 16.5. The van der Waals surface area contributed by atoms with E-state index in [1.54, 1.807) is 7.11 Å². The van der Waals surface area contributed by atoms with Gasteiger partial charge in [-0.15, -0.1) is 0 Å². The SMILES string of the molecule is COCc1ccc(C(O)C2(C#N)CCCCCC2)cc1. The molecule has 0 amide bonds. The molecule has 1 aliphatic carbocycles. The van der Waals surface area contributed by atoms with Gasteiger partial charge in [0.05, 0.1) is 24.2 Å². The number of nitriles is 1. The Hall–Kier alpha value is -1.37. The van der Waals surface area contributed by atoms with Crippen LogP contribution in [0.2, 0.25) is 0 Å². The van der Waals surface area contributed by atoms with Gasteiger partial charge in [-0.2, -0.15) is 5.26 Å². The van der Waals surface area contributed by atoms with Crippen LogP contribution >= 0.6 is 0 Å². The van der Waals surface area contributed by atoms with Crippen molar-refractivity contribution >= 4 is 0 Å². The molecule has 0 spiro atoms. The van der Waals surface area contributed by atoms with Crippen molar-refractivity contribution in [1.29, 1.82) is 5.26 Å². The summed E-state index contributed by atoms with van der Waals surface area (Å²) in [5.41, 5.74) is 1.31. The lowest BCUT2D eigenvalue weighted by Gasteiger charge is -2.31. The van der Waals surface area contributed by atoms with Crippen molar-refractivity contribution in [3.63, 3.8) is 0 Å². The van der Waals surface area contributed by atoms with Crippen molar-refractivity contribution in [2.45, 2.75) is 51.2 Å². The number of hydrogen-bond acceptors (Lipinski definition) is 3. The second-order valence-electron chi connectivity index (χ2n) is 5.76. The fourth-order valence-electron chi connectivity index (χ4n) is 3.09. The lowest BCUT2D eigenvalue weighted by Crippen LogP contribution is -2.27. The van der Waals surface area contributed by atoms with Gasteiger partial charge in [-0.3, -0.25) is 0 Å². The number of rotatable bonds is 4. The molecule has 3 heteroatoms. The second-order valence-corrected chi connectivity index (χ2v) is 5.76. The number of ether oxygens (including phenoxy) is 1. The summed E-state index contributed by atoms with van der Waals surface area (Å²) in [6.45, 7) is 0.569. The molecule has 2 rings (SSSR count). The van der Waals surface area contributed by atoms with Crippen molar-refractivity contribution in [3.8, 4) is 6.07 Å². The number of methoxy groups -OCH3 is 1. The summed E-state index contributed by atoms with van der Waals surface area (Å²) in [5.74, 6) is 0. The predicted octanol–water partition coefficient (Wildman–Crippen LogP) is 3.73. The first-order valence-corrected chi connectivity index (χ1v) is 7.39. The van der Waals surface area contributed by atoms with Gasteiger partial charge in [-0.05, 0) is 24.0 Å². The van der Waals surface area contributed by atoms with Gasteiger partial charge in [-0.1, -0.05) is 49.9 Å². The van der Waals surface area contributed by atoms with Crippen molar-refractivity contribution in [3.05, 3.63) is 35.4 Å². The van der Waals surface area contributed by atoms with E-state index in [2.05, 4.69) is 6.07 Å². The molecule has 0 heterocycles. The summed E-state index contributed by atoms with van der Waals surface area (Å²) in [6, 6.07) is 10.2. The van der Waals surface area contributed by atoms with Crippen LogP contribution in [0.25, 0.3) is 0 Å². The van der Waals surface area contributed by atoms with Gasteiger partial charge >= 0.3 is 0 Å². The Morgan fingerprint density at radius 3 is 2.30 bits per heavy atom. The lowest BCUT2D eigenvalue weighted by atomic mass is 9.74. The molecule has 1 saturated carbocycles. The largest absolute Gasteiger partial charge is 0.387 e. The topological polar surface area (TPSA) is 53.2 Å². The zero-order valence-electron chi connectivity index (χ0n) is 12.1. The highest BCUT2D eigenvalue weighted by Crippen LogP contribution is 2.44. The summed E-state index contributed by atoms with van der Waals surface area (Å²) in [6.07, 6.45) is 5.31. The molecule has 20 heavy (non-hydrogen) atoms. The van der Waals surface area contributed by atoms with Gasteiger partial charge in [0.15, 0.2) is 0 Å². The van der Waals surface area contributed by atoms with Crippen LogP contribution in [0.3, 0.4) is 0 Å². The van der Waals surface area contributed by atoms with Gasteiger partial charge < -0.3 is 9.84 Å². The number of benzene rings is 1. The molecule has 0 aliphatic heterocycles.